The summed E-state index contributed by atoms with van der Waals surface area (Å²) >= 11 is 4.75. The van der Waals surface area contributed by atoms with E-state index < -0.39 is 11.7 Å². The molecule has 0 fully saturated rings. The van der Waals surface area contributed by atoms with Gasteiger partial charge in [0.25, 0.3) is 0 Å². The molecular weight excluding hydrogens is 265 g/mol. The summed E-state index contributed by atoms with van der Waals surface area (Å²) in [6, 6.07) is 4.39. The number of aromatic nitrogens is 2. The summed E-state index contributed by atoms with van der Waals surface area (Å²) in [5.74, 6) is 0.652. The minimum Gasteiger partial charge on any atom is -0.454 e. The van der Waals surface area contributed by atoms with E-state index in [0.717, 1.165) is 12.1 Å². The lowest BCUT2D eigenvalue weighted by Gasteiger charge is -2.08. The average Bonchev–Trinajstić information content (AvgIpc) is 2.32. The van der Waals surface area contributed by atoms with Crippen molar-refractivity contribution in [3.63, 3.8) is 0 Å². The van der Waals surface area contributed by atoms with Crippen LogP contribution in [0.15, 0.2) is 36.7 Å². The molecule has 0 unspecified atom stereocenters. The molecule has 0 aliphatic rings. The maximum Gasteiger partial charge on any atom is 0.416 e. The molecule has 0 atom stereocenters. The summed E-state index contributed by atoms with van der Waals surface area (Å²) in [5.41, 5.74) is -0.722. The minimum atomic E-state index is -4.35. The minimum absolute atomic E-state index is 0.287. The highest BCUT2D eigenvalue weighted by atomic mass is 32.1. The largest absolute Gasteiger partial charge is 0.454 e. The van der Waals surface area contributed by atoms with Gasteiger partial charge in [-0.3, -0.25) is 0 Å². The summed E-state index contributed by atoms with van der Waals surface area (Å²) in [6.45, 7) is 0. The van der Waals surface area contributed by atoms with Crippen molar-refractivity contribution in [2.45, 2.75) is 6.18 Å². The molecule has 0 spiro atoms. The molecule has 2 rings (SSSR count). The van der Waals surface area contributed by atoms with Crippen molar-refractivity contribution in [2.24, 2.45) is 0 Å². The fourth-order valence-electron chi connectivity index (χ4n) is 1.23. The standard InChI is InChI=1S/C11H7F3N2OS/c12-11(13,14)7-1-3-8(4-2-7)17-9-5-15-10(18)16-6-9/h1-6H,(H,15,16,18). The molecule has 1 N–H and O–H groups in total. The Bertz CT molecular complexity index is 572. The van der Waals surface area contributed by atoms with Crippen molar-refractivity contribution in [2.75, 3.05) is 0 Å². The van der Waals surface area contributed by atoms with E-state index in [4.69, 9.17) is 17.0 Å². The Kier molecular flexibility index (Phi) is 3.33. The van der Waals surface area contributed by atoms with Crippen molar-refractivity contribution in [3.8, 4) is 11.5 Å². The molecule has 94 valence electrons. The molecule has 7 heteroatoms. The quantitative estimate of drug-likeness (QED) is 0.841. The van der Waals surface area contributed by atoms with Crippen molar-refractivity contribution in [1.82, 2.24) is 9.97 Å². The average molecular weight is 272 g/mol. The number of ether oxygens (including phenoxy) is 1. The van der Waals surface area contributed by atoms with Gasteiger partial charge >= 0.3 is 6.18 Å². The van der Waals surface area contributed by atoms with E-state index in [0.29, 0.717) is 10.5 Å². The molecule has 0 amide bonds. The highest BCUT2D eigenvalue weighted by Gasteiger charge is 2.29. The van der Waals surface area contributed by atoms with Crippen LogP contribution in [0.1, 0.15) is 5.56 Å². The number of benzene rings is 1. The van der Waals surface area contributed by atoms with E-state index in [9.17, 15) is 13.2 Å². The maximum absolute atomic E-state index is 12.3. The zero-order valence-electron chi connectivity index (χ0n) is 8.86. The predicted octanol–water partition coefficient (Wildman–Crippen LogP) is 3.95. The molecule has 1 aromatic carbocycles. The zero-order chi connectivity index (χ0) is 13.2. The monoisotopic (exact) mass is 272 g/mol. The van der Waals surface area contributed by atoms with Crippen molar-refractivity contribution in [3.05, 3.63) is 47.0 Å². The molecule has 0 aliphatic heterocycles. The summed E-state index contributed by atoms with van der Waals surface area (Å²) in [6.07, 6.45) is -1.48. The molecule has 18 heavy (non-hydrogen) atoms. The molecule has 0 aliphatic carbocycles. The normalized spacial score (nSPS) is 11.3. The maximum atomic E-state index is 12.3. The van der Waals surface area contributed by atoms with Crippen LogP contribution < -0.4 is 4.74 Å². The Morgan fingerprint density at radius 3 is 2.28 bits per heavy atom. The van der Waals surface area contributed by atoms with Gasteiger partial charge in [-0.25, -0.2) is 4.98 Å². The van der Waals surface area contributed by atoms with Crippen molar-refractivity contribution >= 4 is 12.2 Å². The number of halogens is 3. The van der Waals surface area contributed by atoms with E-state index in [2.05, 4.69) is 9.97 Å². The third kappa shape index (κ3) is 3.07. The van der Waals surface area contributed by atoms with Crippen LogP contribution in [-0.2, 0) is 6.18 Å². The van der Waals surface area contributed by atoms with Gasteiger partial charge in [0.05, 0.1) is 11.8 Å². The lowest BCUT2D eigenvalue weighted by molar-refractivity contribution is -0.137. The first-order valence-electron chi connectivity index (χ1n) is 4.85. The van der Waals surface area contributed by atoms with Crippen LogP contribution in [0.25, 0.3) is 0 Å². The number of hydrogen-bond acceptors (Lipinski definition) is 3. The molecule has 0 radical (unpaired) electrons. The molecule has 1 heterocycles. The van der Waals surface area contributed by atoms with Gasteiger partial charge in [0.2, 0.25) is 0 Å². The Morgan fingerprint density at radius 2 is 1.78 bits per heavy atom. The molecule has 0 saturated heterocycles. The second-order valence-electron chi connectivity index (χ2n) is 3.38. The van der Waals surface area contributed by atoms with Crippen LogP contribution in [0.2, 0.25) is 0 Å². The number of aromatic amines is 1. The zero-order valence-corrected chi connectivity index (χ0v) is 9.68. The molecular formula is C11H7F3N2OS. The van der Waals surface area contributed by atoms with Crippen molar-refractivity contribution < 1.29 is 17.9 Å². The van der Waals surface area contributed by atoms with Crippen LogP contribution in [0, 0.1) is 4.77 Å². The molecule has 3 nitrogen and oxygen atoms in total. The van der Waals surface area contributed by atoms with Gasteiger partial charge in [0, 0.05) is 6.20 Å². The van der Waals surface area contributed by atoms with Gasteiger partial charge in [-0.1, -0.05) is 0 Å². The van der Waals surface area contributed by atoms with E-state index in [1.54, 1.807) is 0 Å². The highest BCUT2D eigenvalue weighted by Crippen LogP contribution is 2.31. The number of rotatable bonds is 2. The van der Waals surface area contributed by atoms with E-state index in [1.807, 2.05) is 0 Å². The fourth-order valence-corrected chi connectivity index (χ4v) is 1.35. The predicted molar refractivity (Wildman–Crippen MR) is 60.9 cm³/mol. The van der Waals surface area contributed by atoms with E-state index in [-0.39, 0.29) is 5.75 Å². The summed E-state index contributed by atoms with van der Waals surface area (Å²) < 4.78 is 42.6. The lowest BCUT2D eigenvalue weighted by atomic mass is 10.2. The van der Waals surface area contributed by atoms with Crippen LogP contribution in [-0.4, -0.2) is 9.97 Å². The number of nitrogens with one attached hydrogen (secondary N) is 1. The highest BCUT2D eigenvalue weighted by molar-refractivity contribution is 7.71. The van der Waals surface area contributed by atoms with Crippen LogP contribution in [0.4, 0.5) is 13.2 Å². The fraction of sp³-hybridized carbons (Fsp3) is 0.0909. The number of H-pyrrole nitrogens is 1. The Labute approximate surface area is 105 Å². The van der Waals surface area contributed by atoms with E-state index in [1.165, 1.54) is 24.5 Å². The Hall–Kier alpha value is -1.89. The van der Waals surface area contributed by atoms with Gasteiger partial charge in [0.15, 0.2) is 10.5 Å². The lowest BCUT2D eigenvalue weighted by Crippen LogP contribution is -2.04. The number of nitrogens with zero attached hydrogens (tertiary/aromatic N) is 1. The topological polar surface area (TPSA) is 37.9 Å². The van der Waals surface area contributed by atoms with Gasteiger partial charge in [-0.2, -0.15) is 13.2 Å². The molecule has 1 aromatic heterocycles. The molecule has 0 saturated carbocycles. The second kappa shape index (κ2) is 4.77. The second-order valence-corrected chi connectivity index (χ2v) is 3.77. The first-order valence-corrected chi connectivity index (χ1v) is 5.26. The first-order chi connectivity index (χ1) is 8.45. The van der Waals surface area contributed by atoms with Crippen LogP contribution >= 0.6 is 12.2 Å². The Morgan fingerprint density at radius 1 is 1.11 bits per heavy atom. The van der Waals surface area contributed by atoms with Crippen LogP contribution in [0.3, 0.4) is 0 Å². The Balaban J connectivity index is 2.16. The van der Waals surface area contributed by atoms with Gasteiger partial charge < -0.3 is 9.72 Å². The van der Waals surface area contributed by atoms with Gasteiger partial charge in [-0.05, 0) is 36.5 Å². The summed E-state index contributed by atoms with van der Waals surface area (Å²) in [5, 5.41) is 0. The number of hydrogen-bond donors (Lipinski definition) is 1. The molecule has 2 aromatic rings. The van der Waals surface area contributed by atoms with Gasteiger partial charge in [-0.15, -0.1) is 0 Å². The van der Waals surface area contributed by atoms with E-state index >= 15 is 0 Å². The smallest absolute Gasteiger partial charge is 0.416 e. The summed E-state index contributed by atoms with van der Waals surface area (Å²) in [7, 11) is 0. The summed E-state index contributed by atoms with van der Waals surface area (Å²) in [4.78, 5) is 6.44. The first kappa shape index (κ1) is 12.6. The third-order valence-corrected chi connectivity index (χ3v) is 2.29. The third-order valence-electron chi connectivity index (χ3n) is 2.06. The SMILES string of the molecule is FC(F)(F)c1ccc(Oc2cnc(=S)[nH]c2)cc1. The van der Waals surface area contributed by atoms with Crippen molar-refractivity contribution in [1.29, 1.82) is 0 Å². The van der Waals surface area contributed by atoms with Crippen LogP contribution in [0.5, 0.6) is 11.5 Å². The molecule has 0 bridgehead atoms. The van der Waals surface area contributed by atoms with Gasteiger partial charge in [0.1, 0.15) is 5.75 Å². The number of alkyl halides is 3.